The van der Waals surface area contributed by atoms with Crippen LogP contribution in [0.3, 0.4) is 0 Å². The molecule has 1 fully saturated rings. The second-order valence-electron chi connectivity index (χ2n) is 4.71. The molecule has 1 aromatic carbocycles. The van der Waals surface area contributed by atoms with Crippen LogP contribution >= 0.6 is 11.8 Å². The van der Waals surface area contributed by atoms with Gasteiger partial charge in [0.25, 0.3) is 0 Å². The van der Waals surface area contributed by atoms with E-state index in [1.165, 1.54) is 43.1 Å². The third kappa shape index (κ3) is 3.84. The van der Waals surface area contributed by atoms with Crippen LogP contribution in [-0.4, -0.2) is 30.3 Å². The first-order valence-corrected chi connectivity index (χ1v) is 7.23. The summed E-state index contributed by atoms with van der Waals surface area (Å²) in [7, 11) is 0. The highest BCUT2D eigenvalue weighted by Gasteiger charge is 2.15. The van der Waals surface area contributed by atoms with E-state index in [0.29, 0.717) is 0 Å². The van der Waals surface area contributed by atoms with Gasteiger partial charge < -0.3 is 4.90 Å². The highest BCUT2D eigenvalue weighted by Crippen LogP contribution is 2.19. The van der Waals surface area contributed by atoms with Crippen molar-refractivity contribution in [2.24, 2.45) is 5.92 Å². The molecule has 0 amide bonds. The summed E-state index contributed by atoms with van der Waals surface area (Å²) in [4.78, 5) is 4.01. The molecule has 0 N–H and O–H groups in total. The van der Waals surface area contributed by atoms with Crippen molar-refractivity contribution in [3.8, 4) is 0 Å². The van der Waals surface area contributed by atoms with E-state index < -0.39 is 0 Å². The Morgan fingerprint density at radius 1 is 1.31 bits per heavy atom. The number of likely N-dealkylation sites (tertiary alicyclic amines) is 1. The lowest BCUT2D eigenvalue weighted by atomic mass is 10.0. The van der Waals surface area contributed by atoms with Gasteiger partial charge in [0, 0.05) is 23.7 Å². The van der Waals surface area contributed by atoms with E-state index in [0.717, 1.165) is 5.92 Å². The number of hydrogen-bond acceptors (Lipinski definition) is 2. The molecule has 2 heteroatoms. The summed E-state index contributed by atoms with van der Waals surface area (Å²) in [5.74, 6) is 2.12. The molecule has 0 saturated carbocycles. The fourth-order valence-corrected chi connectivity index (χ4v) is 3.23. The molecule has 1 aromatic rings. The van der Waals surface area contributed by atoms with Crippen LogP contribution in [0.4, 0.5) is 0 Å². The second-order valence-corrected chi connectivity index (χ2v) is 5.88. The maximum Gasteiger partial charge on any atom is 0.0108 e. The van der Waals surface area contributed by atoms with Crippen molar-refractivity contribution in [2.75, 3.05) is 25.4 Å². The summed E-state index contributed by atoms with van der Waals surface area (Å²) in [5.41, 5.74) is 0. The van der Waals surface area contributed by atoms with Gasteiger partial charge in [0.15, 0.2) is 0 Å². The molecule has 1 aliphatic heterocycles. The molecule has 1 heterocycles. The summed E-state index contributed by atoms with van der Waals surface area (Å²) in [6.45, 7) is 6.22. The Morgan fingerprint density at radius 2 is 2.12 bits per heavy atom. The second kappa shape index (κ2) is 6.31. The number of piperidine rings is 1. The Kier molecular flexibility index (Phi) is 4.73. The van der Waals surface area contributed by atoms with Gasteiger partial charge in [-0.2, -0.15) is 0 Å². The number of nitrogens with zero attached hydrogens (tertiary/aromatic N) is 1. The predicted octanol–water partition coefficient (Wildman–Crippen LogP) is 3.51. The minimum absolute atomic E-state index is 0.899. The molecule has 2 rings (SSSR count). The van der Waals surface area contributed by atoms with E-state index >= 15 is 0 Å². The lowest BCUT2D eigenvalue weighted by Gasteiger charge is -2.30. The van der Waals surface area contributed by atoms with E-state index in [1.807, 2.05) is 11.8 Å². The molecule has 0 radical (unpaired) electrons. The van der Waals surface area contributed by atoms with Gasteiger partial charge in [0.05, 0.1) is 0 Å². The Labute approximate surface area is 103 Å². The summed E-state index contributed by atoms with van der Waals surface area (Å²) < 4.78 is 0. The van der Waals surface area contributed by atoms with Gasteiger partial charge in [-0.05, 0) is 37.4 Å². The maximum absolute atomic E-state index is 2.62. The third-order valence-corrected chi connectivity index (χ3v) is 4.15. The zero-order valence-corrected chi connectivity index (χ0v) is 10.9. The number of rotatable bonds is 4. The van der Waals surface area contributed by atoms with Gasteiger partial charge in [0.2, 0.25) is 0 Å². The van der Waals surface area contributed by atoms with E-state index in [4.69, 9.17) is 0 Å². The summed E-state index contributed by atoms with van der Waals surface area (Å²) >= 11 is 1.97. The van der Waals surface area contributed by atoms with Gasteiger partial charge in [-0.3, -0.25) is 0 Å². The molecule has 1 saturated heterocycles. The summed E-state index contributed by atoms with van der Waals surface area (Å²) in [5, 5.41) is 0. The zero-order chi connectivity index (χ0) is 11.2. The van der Waals surface area contributed by atoms with Gasteiger partial charge in [-0.25, -0.2) is 0 Å². The van der Waals surface area contributed by atoms with E-state index in [-0.39, 0.29) is 0 Å². The largest absolute Gasteiger partial charge is 0.302 e. The molecule has 1 nitrogen and oxygen atoms in total. The first-order chi connectivity index (χ1) is 7.84. The molecule has 0 aliphatic carbocycles. The van der Waals surface area contributed by atoms with Crippen LogP contribution in [-0.2, 0) is 0 Å². The van der Waals surface area contributed by atoms with Crippen molar-refractivity contribution in [3.63, 3.8) is 0 Å². The molecule has 88 valence electrons. The quantitative estimate of drug-likeness (QED) is 0.735. The molecule has 16 heavy (non-hydrogen) atoms. The van der Waals surface area contributed by atoms with E-state index in [9.17, 15) is 0 Å². The standard InChI is InChI=1S/C14H21NS/c1-13-6-5-9-15(12-13)10-11-16-14-7-3-2-4-8-14/h2-4,7-8,13H,5-6,9-12H2,1H3/t13-/m1/s1. The molecule has 0 bridgehead atoms. The van der Waals surface area contributed by atoms with Crippen LogP contribution in [0.25, 0.3) is 0 Å². The zero-order valence-electron chi connectivity index (χ0n) is 10.1. The average molecular weight is 235 g/mol. The smallest absolute Gasteiger partial charge is 0.0108 e. The number of hydrogen-bond donors (Lipinski definition) is 0. The number of thioether (sulfide) groups is 1. The highest BCUT2D eigenvalue weighted by atomic mass is 32.2. The van der Waals surface area contributed by atoms with Crippen LogP contribution in [0.15, 0.2) is 35.2 Å². The van der Waals surface area contributed by atoms with Crippen LogP contribution in [0.2, 0.25) is 0 Å². The minimum atomic E-state index is 0.899. The fourth-order valence-electron chi connectivity index (χ4n) is 2.30. The Hall–Kier alpha value is -0.470. The summed E-state index contributed by atoms with van der Waals surface area (Å²) in [6.07, 6.45) is 2.81. The molecular formula is C14H21NS. The van der Waals surface area contributed by atoms with Crippen LogP contribution in [0.1, 0.15) is 19.8 Å². The lowest BCUT2D eigenvalue weighted by molar-refractivity contribution is 0.194. The number of benzene rings is 1. The van der Waals surface area contributed by atoms with Crippen molar-refractivity contribution < 1.29 is 0 Å². The molecular weight excluding hydrogens is 214 g/mol. The lowest BCUT2D eigenvalue weighted by Crippen LogP contribution is -2.35. The molecule has 0 spiro atoms. The average Bonchev–Trinajstić information content (AvgIpc) is 2.30. The first kappa shape index (κ1) is 12.0. The third-order valence-electron chi connectivity index (χ3n) is 3.16. The fraction of sp³-hybridized carbons (Fsp3) is 0.571. The predicted molar refractivity (Wildman–Crippen MR) is 72.0 cm³/mol. The molecule has 0 unspecified atom stereocenters. The monoisotopic (exact) mass is 235 g/mol. The summed E-state index contributed by atoms with van der Waals surface area (Å²) in [6, 6.07) is 10.7. The highest BCUT2D eigenvalue weighted by molar-refractivity contribution is 7.99. The molecule has 1 atom stereocenters. The van der Waals surface area contributed by atoms with Crippen molar-refractivity contribution in [2.45, 2.75) is 24.7 Å². The maximum atomic E-state index is 2.62. The normalized spacial score (nSPS) is 22.2. The van der Waals surface area contributed by atoms with Gasteiger partial charge >= 0.3 is 0 Å². The van der Waals surface area contributed by atoms with Crippen molar-refractivity contribution in [1.29, 1.82) is 0 Å². The minimum Gasteiger partial charge on any atom is -0.302 e. The van der Waals surface area contributed by atoms with Gasteiger partial charge in [-0.15, -0.1) is 11.8 Å². The topological polar surface area (TPSA) is 3.24 Å². The Balaban J connectivity index is 1.68. The van der Waals surface area contributed by atoms with Gasteiger partial charge in [0.1, 0.15) is 0 Å². The molecule has 1 aliphatic rings. The first-order valence-electron chi connectivity index (χ1n) is 6.25. The Morgan fingerprint density at radius 3 is 2.88 bits per heavy atom. The van der Waals surface area contributed by atoms with Gasteiger partial charge in [-0.1, -0.05) is 25.1 Å². The molecule has 0 aromatic heterocycles. The van der Waals surface area contributed by atoms with Crippen LogP contribution < -0.4 is 0 Å². The van der Waals surface area contributed by atoms with Crippen molar-refractivity contribution >= 4 is 11.8 Å². The van der Waals surface area contributed by atoms with Crippen LogP contribution in [0, 0.1) is 5.92 Å². The van der Waals surface area contributed by atoms with Crippen molar-refractivity contribution in [3.05, 3.63) is 30.3 Å². The van der Waals surface area contributed by atoms with Crippen LogP contribution in [0.5, 0.6) is 0 Å². The van der Waals surface area contributed by atoms with E-state index in [2.05, 4.69) is 42.2 Å². The Bertz CT molecular complexity index is 299. The SMILES string of the molecule is C[C@@H]1CCCN(CCSc2ccccc2)C1. The van der Waals surface area contributed by atoms with E-state index in [1.54, 1.807) is 0 Å². The van der Waals surface area contributed by atoms with Crippen molar-refractivity contribution in [1.82, 2.24) is 4.90 Å².